The topological polar surface area (TPSA) is 99.1 Å². The SMILES string of the molecule is CC(CCNC(=O)N1CCOC(CO)C1)CCC(=O)O. The van der Waals surface area contributed by atoms with Crippen LogP contribution in [-0.2, 0) is 9.53 Å². The molecule has 3 N–H and O–H groups in total. The highest BCUT2D eigenvalue weighted by Crippen LogP contribution is 2.09. The van der Waals surface area contributed by atoms with Crippen LogP contribution in [0.25, 0.3) is 0 Å². The van der Waals surface area contributed by atoms with Crippen LogP contribution in [-0.4, -0.2) is 66.1 Å². The highest BCUT2D eigenvalue weighted by molar-refractivity contribution is 5.74. The van der Waals surface area contributed by atoms with E-state index in [1.54, 1.807) is 4.90 Å². The van der Waals surface area contributed by atoms with Gasteiger partial charge in [-0.2, -0.15) is 0 Å². The van der Waals surface area contributed by atoms with E-state index in [1.165, 1.54) is 0 Å². The summed E-state index contributed by atoms with van der Waals surface area (Å²) in [5.41, 5.74) is 0. The van der Waals surface area contributed by atoms with Crippen LogP contribution in [0.5, 0.6) is 0 Å². The third kappa shape index (κ3) is 6.21. The van der Waals surface area contributed by atoms with E-state index in [2.05, 4.69) is 5.32 Å². The molecule has 0 saturated carbocycles. The van der Waals surface area contributed by atoms with Crippen molar-refractivity contribution in [3.63, 3.8) is 0 Å². The molecule has 2 unspecified atom stereocenters. The average molecular weight is 288 g/mol. The van der Waals surface area contributed by atoms with Crippen molar-refractivity contribution in [2.45, 2.75) is 32.3 Å². The van der Waals surface area contributed by atoms with E-state index >= 15 is 0 Å². The number of aliphatic hydroxyl groups excluding tert-OH is 1. The van der Waals surface area contributed by atoms with Gasteiger partial charge in [0.2, 0.25) is 0 Å². The van der Waals surface area contributed by atoms with Crippen LogP contribution in [0, 0.1) is 5.92 Å². The Labute approximate surface area is 118 Å². The van der Waals surface area contributed by atoms with Crippen molar-refractivity contribution >= 4 is 12.0 Å². The molecule has 1 aliphatic heterocycles. The zero-order valence-corrected chi connectivity index (χ0v) is 11.9. The lowest BCUT2D eigenvalue weighted by molar-refractivity contribution is -0.137. The molecule has 1 heterocycles. The Morgan fingerprint density at radius 2 is 2.20 bits per heavy atom. The number of hydrogen-bond donors (Lipinski definition) is 3. The van der Waals surface area contributed by atoms with Gasteiger partial charge in [0.25, 0.3) is 0 Å². The summed E-state index contributed by atoms with van der Waals surface area (Å²) < 4.78 is 5.28. The predicted octanol–water partition coefficient (Wildman–Crippen LogP) is 0.280. The summed E-state index contributed by atoms with van der Waals surface area (Å²) in [6.45, 7) is 3.78. The summed E-state index contributed by atoms with van der Waals surface area (Å²) in [5.74, 6) is -0.523. The van der Waals surface area contributed by atoms with Crippen LogP contribution in [0.2, 0.25) is 0 Å². The number of carbonyl (C=O) groups excluding carboxylic acids is 1. The third-order valence-corrected chi connectivity index (χ3v) is 3.39. The molecule has 0 radical (unpaired) electrons. The minimum absolute atomic E-state index is 0.0873. The van der Waals surface area contributed by atoms with Gasteiger partial charge in [-0.25, -0.2) is 4.79 Å². The van der Waals surface area contributed by atoms with Gasteiger partial charge in [0.1, 0.15) is 0 Å². The fourth-order valence-electron chi connectivity index (χ4n) is 2.07. The second kappa shape index (κ2) is 8.76. The molecular formula is C13H24N2O5. The fraction of sp³-hybridized carbons (Fsp3) is 0.846. The molecule has 0 aromatic heterocycles. The standard InChI is InChI=1S/C13H24N2O5/c1-10(2-3-12(17)18)4-5-14-13(19)15-6-7-20-11(8-15)9-16/h10-11,16H,2-9H2,1H3,(H,14,19)(H,17,18). The van der Waals surface area contributed by atoms with Crippen molar-refractivity contribution in [1.29, 1.82) is 0 Å². The van der Waals surface area contributed by atoms with Gasteiger partial charge in [0, 0.05) is 19.5 Å². The van der Waals surface area contributed by atoms with Crippen molar-refractivity contribution in [2.24, 2.45) is 5.92 Å². The first-order valence-corrected chi connectivity index (χ1v) is 7.00. The number of ether oxygens (including phenoxy) is 1. The summed E-state index contributed by atoms with van der Waals surface area (Å²) in [6.07, 6.45) is 1.24. The Morgan fingerprint density at radius 1 is 1.45 bits per heavy atom. The molecule has 0 aromatic rings. The Balaban J connectivity index is 2.17. The number of rotatable bonds is 7. The number of hydrogen-bond acceptors (Lipinski definition) is 4. The molecule has 1 fully saturated rings. The van der Waals surface area contributed by atoms with Crippen molar-refractivity contribution in [1.82, 2.24) is 10.2 Å². The molecule has 1 rings (SSSR count). The second-order valence-electron chi connectivity index (χ2n) is 5.18. The van der Waals surface area contributed by atoms with Gasteiger partial charge in [-0.1, -0.05) is 6.92 Å². The number of aliphatic hydroxyl groups is 1. The molecule has 116 valence electrons. The normalized spacial score (nSPS) is 20.5. The van der Waals surface area contributed by atoms with Crippen LogP contribution < -0.4 is 5.32 Å². The summed E-state index contributed by atoms with van der Waals surface area (Å²) in [4.78, 5) is 24.0. The quantitative estimate of drug-likeness (QED) is 0.625. The number of nitrogens with zero attached hydrogens (tertiary/aromatic N) is 1. The lowest BCUT2D eigenvalue weighted by Gasteiger charge is -2.32. The number of morpholine rings is 1. The molecule has 20 heavy (non-hydrogen) atoms. The van der Waals surface area contributed by atoms with Gasteiger partial charge < -0.3 is 25.2 Å². The Hall–Kier alpha value is -1.34. The number of carbonyl (C=O) groups is 2. The smallest absolute Gasteiger partial charge is 0.317 e. The number of urea groups is 1. The first kappa shape index (κ1) is 16.7. The molecule has 0 aromatic carbocycles. The van der Waals surface area contributed by atoms with Crippen LogP contribution in [0.1, 0.15) is 26.2 Å². The molecule has 7 nitrogen and oxygen atoms in total. The Bertz CT molecular complexity index is 324. The summed E-state index contributed by atoms with van der Waals surface area (Å²) >= 11 is 0. The number of aliphatic carboxylic acids is 1. The second-order valence-corrected chi connectivity index (χ2v) is 5.18. The Kier molecular flexibility index (Phi) is 7.32. The van der Waals surface area contributed by atoms with E-state index < -0.39 is 5.97 Å². The van der Waals surface area contributed by atoms with Gasteiger partial charge in [-0.15, -0.1) is 0 Å². The zero-order valence-electron chi connectivity index (χ0n) is 11.9. The number of nitrogens with one attached hydrogen (secondary N) is 1. The molecule has 2 atom stereocenters. The minimum Gasteiger partial charge on any atom is -0.481 e. The first-order chi connectivity index (χ1) is 9.52. The fourth-order valence-corrected chi connectivity index (χ4v) is 2.07. The van der Waals surface area contributed by atoms with Crippen LogP contribution in [0.3, 0.4) is 0 Å². The minimum atomic E-state index is -0.788. The van der Waals surface area contributed by atoms with E-state index in [4.69, 9.17) is 14.9 Å². The van der Waals surface area contributed by atoms with Gasteiger partial charge in [-0.05, 0) is 18.8 Å². The van der Waals surface area contributed by atoms with Crippen LogP contribution in [0.15, 0.2) is 0 Å². The van der Waals surface area contributed by atoms with Gasteiger partial charge in [0.05, 0.1) is 25.9 Å². The Morgan fingerprint density at radius 3 is 2.85 bits per heavy atom. The maximum Gasteiger partial charge on any atom is 0.317 e. The van der Waals surface area contributed by atoms with Crippen molar-refractivity contribution in [3.05, 3.63) is 0 Å². The van der Waals surface area contributed by atoms with Crippen LogP contribution in [0.4, 0.5) is 4.79 Å². The molecule has 7 heteroatoms. The molecular weight excluding hydrogens is 264 g/mol. The number of carboxylic acid groups (broad SMARTS) is 1. The van der Waals surface area contributed by atoms with E-state index in [0.29, 0.717) is 32.7 Å². The molecule has 1 aliphatic rings. The highest BCUT2D eigenvalue weighted by atomic mass is 16.5. The van der Waals surface area contributed by atoms with E-state index in [9.17, 15) is 9.59 Å². The monoisotopic (exact) mass is 288 g/mol. The van der Waals surface area contributed by atoms with E-state index in [0.717, 1.165) is 6.42 Å². The van der Waals surface area contributed by atoms with Gasteiger partial charge in [-0.3, -0.25) is 4.79 Å². The molecule has 1 saturated heterocycles. The molecule has 0 bridgehead atoms. The lowest BCUT2D eigenvalue weighted by atomic mass is 10.0. The van der Waals surface area contributed by atoms with Crippen LogP contribution >= 0.6 is 0 Å². The summed E-state index contributed by atoms with van der Waals surface area (Å²) in [7, 11) is 0. The molecule has 0 spiro atoms. The van der Waals surface area contributed by atoms with Crippen molar-refractivity contribution in [3.8, 4) is 0 Å². The summed E-state index contributed by atoms with van der Waals surface area (Å²) in [6, 6.07) is -0.155. The maximum atomic E-state index is 11.9. The van der Waals surface area contributed by atoms with E-state index in [-0.39, 0.29) is 31.1 Å². The van der Waals surface area contributed by atoms with Gasteiger partial charge in [0.15, 0.2) is 0 Å². The van der Waals surface area contributed by atoms with Gasteiger partial charge >= 0.3 is 12.0 Å². The van der Waals surface area contributed by atoms with E-state index in [1.807, 2.05) is 6.92 Å². The maximum absolute atomic E-state index is 11.9. The predicted molar refractivity (Wildman–Crippen MR) is 72.4 cm³/mol. The zero-order chi connectivity index (χ0) is 15.0. The largest absolute Gasteiger partial charge is 0.481 e. The number of carboxylic acids is 1. The molecule has 2 amide bonds. The first-order valence-electron chi connectivity index (χ1n) is 7.00. The van der Waals surface area contributed by atoms with Crippen molar-refractivity contribution < 1.29 is 24.5 Å². The third-order valence-electron chi connectivity index (χ3n) is 3.39. The summed E-state index contributed by atoms with van der Waals surface area (Å²) in [5, 5.41) is 20.4. The average Bonchev–Trinajstić information content (AvgIpc) is 2.45. The lowest BCUT2D eigenvalue weighted by Crippen LogP contribution is -2.50. The highest BCUT2D eigenvalue weighted by Gasteiger charge is 2.23. The van der Waals surface area contributed by atoms with Crippen molar-refractivity contribution in [2.75, 3.05) is 32.8 Å². The number of amides is 2. The molecule has 0 aliphatic carbocycles.